The molecule has 11 nitrogen and oxygen atoms in total. The number of rotatable bonds is 7. The molecule has 0 spiro atoms. The average molecular weight is 575 g/mol. The van der Waals surface area contributed by atoms with Gasteiger partial charge in [-0.05, 0) is 54.6 Å². The number of amidine groups is 1. The molecule has 0 aromatic heterocycles. The minimum atomic E-state index is -3.75. The summed E-state index contributed by atoms with van der Waals surface area (Å²) in [5.41, 5.74) is 2.94. The molecule has 0 radical (unpaired) electrons. The smallest absolute Gasteiger partial charge is 0.414 e. The van der Waals surface area contributed by atoms with E-state index in [2.05, 4.69) is 60.1 Å². The van der Waals surface area contributed by atoms with E-state index in [1.807, 2.05) is 11.9 Å². The summed E-state index contributed by atoms with van der Waals surface area (Å²) in [5, 5.41) is 17.6. The zero-order chi connectivity index (χ0) is 29.9. The van der Waals surface area contributed by atoms with Crippen LogP contribution in [-0.4, -0.2) is 67.3 Å². The highest BCUT2D eigenvalue weighted by Crippen LogP contribution is 2.22. The van der Waals surface area contributed by atoms with Crippen LogP contribution in [-0.2, 0) is 36.4 Å². The summed E-state index contributed by atoms with van der Waals surface area (Å²) >= 11 is 0. The molecule has 0 aliphatic carbocycles. The molecule has 0 saturated heterocycles. The first kappa shape index (κ1) is 32.4. The van der Waals surface area contributed by atoms with E-state index in [0.29, 0.717) is 31.0 Å². The first-order valence-corrected chi connectivity index (χ1v) is 14.4. The molecule has 2 aromatic rings. The van der Waals surface area contributed by atoms with Crippen LogP contribution in [0.2, 0.25) is 0 Å². The van der Waals surface area contributed by atoms with Crippen molar-refractivity contribution in [2.45, 2.75) is 63.3 Å². The number of nitrogens with one attached hydrogen (secondary N) is 2. The average Bonchev–Trinajstić information content (AvgIpc) is 3.12. The standard InChI is InChI=1S/C26H36N4O3S.C2H2O4/c1-26(2,3)21-14-12-20(13-15-21)18-30(4)19-25(31)28-22-9-8-10-23(17-22)34(32,33)29-24-11-6-5-7-16-27-24;3-1(4)2(5)6/h8-10,12-15,17H,5-7,11,16,18-19H2,1-4H3,(H,27,29)(H,28,31);(H,3,4)(H,5,6). The molecule has 3 rings (SSSR count). The molecular weight excluding hydrogens is 536 g/mol. The van der Waals surface area contributed by atoms with Gasteiger partial charge in [-0.3, -0.25) is 19.4 Å². The van der Waals surface area contributed by atoms with E-state index >= 15 is 0 Å². The summed E-state index contributed by atoms with van der Waals surface area (Å²) in [6, 6.07) is 14.7. The van der Waals surface area contributed by atoms with Crippen molar-refractivity contribution in [1.29, 1.82) is 0 Å². The fourth-order valence-corrected chi connectivity index (χ4v) is 4.97. The Morgan fingerprint density at radius 3 is 2.23 bits per heavy atom. The van der Waals surface area contributed by atoms with Gasteiger partial charge in [-0.2, -0.15) is 0 Å². The molecule has 1 aliphatic rings. The first-order valence-electron chi connectivity index (χ1n) is 12.9. The monoisotopic (exact) mass is 574 g/mol. The molecule has 218 valence electrons. The normalized spacial score (nSPS) is 13.8. The quantitative estimate of drug-likeness (QED) is 0.365. The van der Waals surface area contributed by atoms with Gasteiger partial charge in [-0.15, -0.1) is 0 Å². The topological polar surface area (TPSA) is 165 Å². The Morgan fingerprint density at radius 2 is 1.62 bits per heavy atom. The van der Waals surface area contributed by atoms with Gasteiger partial charge in [-0.25, -0.2) is 18.0 Å². The molecule has 0 fully saturated rings. The number of nitrogens with zero attached hydrogens (tertiary/aromatic N) is 2. The molecule has 2 aromatic carbocycles. The van der Waals surface area contributed by atoms with Crippen LogP contribution in [0, 0.1) is 0 Å². The number of anilines is 1. The van der Waals surface area contributed by atoms with Gasteiger partial charge in [0.25, 0.3) is 10.0 Å². The number of carbonyl (C=O) groups is 3. The number of sulfonamides is 1. The maximum absolute atomic E-state index is 12.8. The van der Waals surface area contributed by atoms with Crippen molar-refractivity contribution in [2.75, 3.05) is 25.5 Å². The Kier molecular flexibility index (Phi) is 11.8. The van der Waals surface area contributed by atoms with Gasteiger partial charge < -0.3 is 15.5 Å². The Bertz CT molecular complexity index is 1300. The van der Waals surface area contributed by atoms with E-state index < -0.39 is 22.0 Å². The Labute approximate surface area is 235 Å². The number of amides is 1. The van der Waals surface area contributed by atoms with Crippen LogP contribution in [0.5, 0.6) is 0 Å². The fourth-order valence-electron chi connectivity index (χ4n) is 3.84. The number of hydrogen-bond donors (Lipinski definition) is 4. The van der Waals surface area contributed by atoms with Gasteiger partial charge in [0.05, 0.1) is 11.4 Å². The molecule has 1 heterocycles. The molecule has 0 bridgehead atoms. The van der Waals surface area contributed by atoms with Crippen molar-refractivity contribution < 1.29 is 33.0 Å². The number of hydrogen-bond acceptors (Lipinski definition) is 7. The zero-order valence-corrected chi connectivity index (χ0v) is 24.1. The Balaban J connectivity index is 0.000000840. The lowest BCUT2D eigenvalue weighted by Crippen LogP contribution is -2.31. The molecule has 1 aliphatic heterocycles. The van der Waals surface area contributed by atoms with E-state index in [9.17, 15) is 13.2 Å². The second-order valence-corrected chi connectivity index (χ2v) is 12.2. The maximum atomic E-state index is 12.8. The van der Waals surface area contributed by atoms with Crippen molar-refractivity contribution in [1.82, 2.24) is 9.62 Å². The van der Waals surface area contributed by atoms with Crippen LogP contribution < -0.4 is 10.0 Å². The Hall–Kier alpha value is -3.77. The van der Waals surface area contributed by atoms with Crippen LogP contribution in [0.4, 0.5) is 5.69 Å². The number of carboxylic acids is 2. The van der Waals surface area contributed by atoms with Crippen molar-refractivity contribution in [3.8, 4) is 0 Å². The van der Waals surface area contributed by atoms with Crippen LogP contribution in [0.3, 0.4) is 0 Å². The van der Waals surface area contributed by atoms with Crippen molar-refractivity contribution >= 4 is 39.4 Å². The lowest BCUT2D eigenvalue weighted by Gasteiger charge is -2.20. The highest BCUT2D eigenvalue weighted by Gasteiger charge is 2.18. The summed E-state index contributed by atoms with van der Waals surface area (Å²) in [6.45, 7) is 8.01. The van der Waals surface area contributed by atoms with Gasteiger partial charge in [0.1, 0.15) is 5.84 Å². The fraction of sp³-hybridized carbons (Fsp3) is 0.429. The van der Waals surface area contributed by atoms with Gasteiger partial charge >= 0.3 is 11.9 Å². The van der Waals surface area contributed by atoms with Gasteiger partial charge in [0, 0.05) is 25.2 Å². The second kappa shape index (κ2) is 14.6. The molecule has 0 saturated carbocycles. The summed E-state index contributed by atoms with van der Waals surface area (Å²) in [6.07, 6.45) is 3.57. The first-order chi connectivity index (χ1) is 18.7. The van der Waals surface area contributed by atoms with Crippen LogP contribution in [0.1, 0.15) is 57.6 Å². The highest BCUT2D eigenvalue weighted by molar-refractivity contribution is 7.90. The molecule has 1 amide bonds. The van der Waals surface area contributed by atoms with Crippen molar-refractivity contribution in [2.24, 2.45) is 4.99 Å². The summed E-state index contributed by atoms with van der Waals surface area (Å²) in [4.78, 5) is 37.1. The van der Waals surface area contributed by atoms with Crippen LogP contribution in [0.25, 0.3) is 0 Å². The van der Waals surface area contributed by atoms with Crippen molar-refractivity contribution in [3.63, 3.8) is 0 Å². The molecule has 4 N–H and O–H groups in total. The number of aliphatic carboxylic acids is 2. The van der Waals surface area contributed by atoms with Gasteiger partial charge in [0.2, 0.25) is 5.91 Å². The van der Waals surface area contributed by atoms with Gasteiger partial charge in [-0.1, -0.05) is 57.5 Å². The number of aliphatic imine (C=N–C) groups is 1. The molecule has 12 heteroatoms. The van der Waals surface area contributed by atoms with Gasteiger partial charge in [0.15, 0.2) is 0 Å². The van der Waals surface area contributed by atoms with E-state index in [1.165, 1.54) is 17.7 Å². The minimum Gasteiger partial charge on any atom is -0.473 e. The predicted octanol–water partition coefficient (Wildman–Crippen LogP) is 3.46. The number of carbonyl (C=O) groups excluding carboxylic acids is 1. The number of benzene rings is 2. The third-order valence-electron chi connectivity index (χ3n) is 5.92. The third-order valence-corrected chi connectivity index (χ3v) is 7.30. The SMILES string of the molecule is CN(CC(=O)Nc1cccc(S(=O)(=O)NC2=NCCCCC2)c1)Cc1ccc(C(C)(C)C)cc1.O=C(O)C(=O)O. The molecule has 0 atom stereocenters. The summed E-state index contributed by atoms with van der Waals surface area (Å²) in [5.74, 6) is -3.35. The highest BCUT2D eigenvalue weighted by atomic mass is 32.2. The molecule has 40 heavy (non-hydrogen) atoms. The maximum Gasteiger partial charge on any atom is 0.414 e. The van der Waals surface area contributed by atoms with E-state index in [-0.39, 0.29) is 22.8 Å². The van der Waals surface area contributed by atoms with Crippen LogP contribution in [0.15, 0.2) is 58.4 Å². The van der Waals surface area contributed by atoms with E-state index in [4.69, 9.17) is 19.8 Å². The van der Waals surface area contributed by atoms with Crippen LogP contribution >= 0.6 is 0 Å². The second-order valence-electron chi connectivity index (χ2n) is 10.6. The zero-order valence-electron chi connectivity index (χ0n) is 23.3. The predicted molar refractivity (Wildman–Crippen MR) is 153 cm³/mol. The number of likely N-dealkylation sites (N-methyl/N-ethyl adjacent to an activating group) is 1. The Morgan fingerprint density at radius 1 is 0.975 bits per heavy atom. The van der Waals surface area contributed by atoms with E-state index in [1.54, 1.807) is 12.1 Å². The lowest BCUT2D eigenvalue weighted by molar-refractivity contribution is -0.159. The number of carboxylic acid groups (broad SMARTS) is 2. The van der Waals surface area contributed by atoms with E-state index in [0.717, 1.165) is 24.8 Å². The molecule has 0 unspecified atom stereocenters. The molecular formula is C28H38N4O7S. The summed E-state index contributed by atoms with van der Waals surface area (Å²) in [7, 11) is -1.87. The third kappa shape index (κ3) is 11.1. The largest absolute Gasteiger partial charge is 0.473 e. The minimum absolute atomic E-state index is 0.101. The summed E-state index contributed by atoms with van der Waals surface area (Å²) < 4.78 is 28.2. The van der Waals surface area contributed by atoms with Crippen molar-refractivity contribution in [3.05, 3.63) is 59.7 Å². The lowest BCUT2D eigenvalue weighted by atomic mass is 9.87.